The van der Waals surface area contributed by atoms with Crippen molar-refractivity contribution in [2.75, 3.05) is 25.0 Å². The number of carbonyl (C=O) groups is 1. The number of aliphatic hydroxyl groups is 1. The first-order valence-electron chi connectivity index (χ1n) is 7.56. The third kappa shape index (κ3) is 6.74. The Hall–Kier alpha value is -1.39. The number of rotatable bonds is 7. The number of likely N-dealkylation sites (N-methyl/N-ethyl adjacent to an activating group) is 1. The minimum absolute atomic E-state index is 0.0537. The van der Waals surface area contributed by atoms with Gasteiger partial charge in [0.1, 0.15) is 0 Å². The molecule has 0 bridgehead atoms. The molecule has 0 fully saturated rings. The zero-order valence-corrected chi connectivity index (χ0v) is 13.8. The maximum atomic E-state index is 12.1. The summed E-state index contributed by atoms with van der Waals surface area (Å²) in [5, 5.41) is 12.8. The zero-order valence-electron chi connectivity index (χ0n) is 13.8. The van der Waals surface area contributed by atoms with Crippen molar-refractivity contribution >= 4 is 11.6 Å². The fraction of sp³-hybridized carbons (Fsp3) is 0.588. The lowest BCUT2D eigenvalue weighted by Gasteiger charge is -2.27. The van der Waals surface area contributed by atoms with Crippen molar-refractivity contribution in [1.29, 1.82) is 0 Å². The number of hydrogen-bond acceptors (Lipinski definition) is 3. The Morgan fingerprint density at radius 3 is 2.57 bits per heavy atom. The van der Waals surface area contributed by atoms with Crippen molar-refractivity contribution in [3.05, 3.63) is 29.8 Å². The van der Waals surface area contributed by atoms with Crippen molar-refractivity contribution < 1.29 is 9.90 Å². The lowest BCUT2D eigenvalue weighted by molar-refractivity contribution is -0.117. The van der Waals surface area contributed by atoms with Gasteiger partial charge in [0.2, 0.25) is 5.91 Å². The number of nitrogens with zero attached hydrogens (tertiary/aromatic N) is 1. The average Bonchev–Trinajstić information content (AvgIpc) is 2.36. The van der Waals surface area contributed by atoms with Gasteiger partial charge >= 0.3 is 0 Å². The minimum Gasteiger partial charge on any atom is -0.389 e. The molecule has 1 amide bonds. The van der Waals surface area contributed by atoms with Crippen LogP contribution in [0.25, 0.3) is 0 Å². The van der Waals surface area contributed by atoms with E-state index in [4.69, 9.17) is 0 Å². The topological polar surface area (TPSA) is 52.6 Å². The molecule has 4 heteroatoms. The molecule has 0 aliphatic rings. The van der Waals surface area contributed by atoms with Crippen LogP contribution in [0.1, 0.15) is 46.1 Å². The quantitative estimate of drug-likeness (QED) is 0.812. The van der Waals surface area contributed by atoms with Crippen molar-refractivity contribution in [2.24, 2.45) is 0 Å². The summed E-state index contributed by atoms with van der Waals surface area (Å²) in [7, 11) is 0. The normalized spacial score (nSPS) is 12.0. The van der Waals surface area contributed by atoms with Gasteiger partial charge in [0.05, 0.1) is 12.1 Å². The van der Waals surface area contributed by atoms with Gasteiger partial charge in [0.25, 0.3) is 0 Å². The van der Waals surface area contributed by atoms with E-state index in [1.54, 1.807) is 13.8 Å². The number of anilines is 1. The van der Waals surface area contributed by atoms with E-state index in [9.17, 15) is 9.90 Å². The molecule has 1 aromatic carbocycles. The van der Waals surface area contributed by atoms with E-state index in [0.29, 0.717) is 12.5 Å². The summed E-state index contributed by atoms with van der Waals surface area (Å²) in [6, 6.07) is 7.93. The van der Waals surface area contributed by atoms with Crippen molar-refractivity contribution in [3.63, 3.8) is 0 Å². The average molecular weight is 292 g/mol. The fourth-order valence-corrected chi connectivity index (χ4v) is 2.21. The van der Waals surface area contributed by atoms with Gasteiger partial charge in [-0.05, 0) is 44.0 Å². The van der Waals surface area contributed by atoms with Crippen molar-refractivity contribution in [2.45, 2.75) is 46.1 Å². The molecule has 0 radical (unpaired) electrons. The van der Waals surface area contributed by atoms with E-state index < -0.39 is 5.60 Å². The summed E-state index contributed by atoms with van der Waals surface area (Å²) in [6.45, 7) is 11.2. The zero-order chi connectivity index (χ0) is 16.0. The van der Waals surface area contributed by atoms with E-state index in [-0.39, 0.29) is 12.5 Å². The van der Waals surface area contributed by atoms with Crippen LogP contribution < -0.4 is 5.32 Å². The van der Waals surface area contributed by atoms with Crippen LogP contribution in [0, 0.1) is 0 Å². The highest BCUT2D eigenvalue weighted by atomic mass is 16.3. The van der Waals surface area contributed by atoms with Gasteiger partial charge in [-0.15, -0.1) is 0 Å². The first kappa shape index (κ1) is 17.7. The molecule has 2 N–H and O–H groups in total. The van der Waals surface area contributed by atoms with E-state index in [1.807, 2.05) is 30.0 Å². The van der Waals surface area contributed by atoms with Crippen LogP contribution in [0.15, 0.2) is 24.3 Å². The Labute approximate surface area is 128 Å². The van der Waals surface area contributed by atoms with E-state index in [2.05, 4.69) is 25.2 Å². The Balaban J connectivity index is 2.62. The summed E-state index contributed by atoms with van der Waals surface area (Å²) < 4.78 is 0. The summed E-state index contributed by atoms with van der Waals surface area (Å²) in [5.74, 6) is 0.381. The smallest absolute Gasteiger partial charge is 0.238 e. The van der Waals surface area contributed by atoms with Gasteiger partial charge in [0.15, 0.2) is 0 Å². The van der Waals surface area contributed by atoms with Crippen LogP contribution in [-0.4, -0.2) is 41.1 Å². The largest absolute Gasteiger partial charge is 0.389 e. The predicted octanol–water partition coefficient (Wildman–Crippen LogP) is 2.84. The number of amides is 1. The number of nitrogens with one attached hydrogen (secondary N) is 1. The highest BCUT2D eigenvalue weighted by molar-refractivity contribution is 5.92. The maximum Gasteiger partial charge on any atom is 0.238 e. The van der Waals surface area contributed by atoms with Gasteiger partial charge in [-0.25, -0.2) is 0 Å². The molecule has 0 aliphatic heterocycles. The third-order valence-corrected chi connectivity index (χ3v) is 3.26. The molecule has 0 saturated carbocycles. The Kier molecular flexibility index (Phi) is 6.37. The van der Waals surface area contributed by atoms with Gasteiger partial charge < -0.3 is 10.4 Å². The minimum atomic E-state index is -0.798. The molecule has 4 nitrogen and oxygen atoms in total. The standard InChI is InChI=1S/C17H28N2O2/c1-6-19(12-17(4,5)21)11-16(20)18-15-9-7-8-14(10-15)13(2)3/h7-10,13,21H,6,11-12H2,1-5H3,(H,18,20). The lowest BCUT2D eigenvalue weighted by Crippen LogP contribution is -2.42. The Morgan fingerprint density at radius 1 is 1.38 bits per heavy atom. The second kappa shape index (κ2) is 7.57. The molecule has 0 spiro atoms. The number of carbonyl (C=O) groups excluding carboxylic acids is 1. The van der Waals surface area contributed by atoms with Gasteiger partial charge in [0, 0.05) is 12.2 Å². The maximum absolute atomic E-state index is 12.1. The molecule has 1 aromatic rings. The van der Waals surface area contributed by atoms with Crippen LogP contribution in [0.5, 0.6) is 0 Å². The van der Waals surface area contributed by atoms with Gasteiger partial charge in [-0.2, -0.15) is 0 Å². The van der Waals surface area contributed by atoms with Crippen LogP contribution in [-0.2, 0) is 4.79 Å². The van der Waals surface area contributed by atoms with Crippen molar-refractivity contribution in [1.82, 2.24) is 4.90 Å². The van der Waals surface area contributed by atoms with Crippen LogP contribution in [0.4, 0.5) is 5.69 Å². The molecule has 0 unspecified atom stereocenters. The van der Waals surface area contributed by atoms with Gasteiger partial charge in [-0.1, -0.05) is 32.9 Å². The second-order valence-corrected chi connectivity index (χ2v) is 6.44. The number of hydrogen-bond donors (Lipinski definition) is 2. The first-order chi connectivity index (χ1) is 9.71. The second-order valence-electron chi connectivity index (χ2n) is 6.44. The lowest BCUT2D eigenvalue weighted by atomic mass is 10.0. The third-order valence-electron chi connectivity index (χ3n) is 3.26. The molecule has 0 saturated heterocycles. The van der Waals surface area contributed by atoms with Gasteiger partial charge in [-0.3, -0.25) is 9.69 Å². The number of benzene rings is 1. The highest BCUT2D eigenvalue weighted by Crippen LogP contribution is 2.18. The fourth-order valence-electron chi connectivity index (χ4n) is 2.21. The summed E-state index contributed by atoms with van der Waals surface area (Å²) in [6.07, 6.45) is 0. The monoisotopic (exact) mass is 292 g/mol. The SMILES string of the molecule is CCN(CC(=O)Nc1cccc(C(C)C)c1)CC(C)(C)O. The Morgan fingerprint density at radius 2 is 2.05 bits per heavy atom. The molecule has 118 valence electrons. The highest BCUT2D eigenvalue weighted by Gasteiger charge is 2.19. The Bertz CT molecular complexity index is 464. The molecular formula is C17H28N2O2. The first-order valence-corrected chi connectivity index (χ1v) is 7.56. The van der Waals surface area contributed by atoms with Crippen LogP contribution in [0.3, 0.4) is 0 Å². The van der Waals surface area contributed by atoms with E-state index in [0.717, 1.165) is 12.2 Å². The molecule has 0 aliphatic carbocycles. The summed E-state index contributed by atoms with van der Waals surface area (Å²) >= 11 is 0. The van der Waals surface area contributed by atoms with Crippen molar-refractivity contribution in [3.8, 4) is 0 Å². The molecular weight excluding hydrogens is 264 g/mol. The molecule has 0 aromatic heterocycles. The summed E-state index contributed by atoms with van der Waals surface area (Å²) in [4.78, 5) is 14.0. The molecule has 21 heavy (non-hydrogen) atoms. The molecule has 0 heterocycles. The summed E-state index contributed by atoms with van der Waals surface area (Å²) in [5.41, 5.74) is 1.23. The molecule has 1 rings (SSSR count). The van der Waals surface area contributed by atoms with Crippen LogP contribution in [0.2, 0.25) is 0 Å². The molecule has 0 atom stereocenters. The van der Waals surface area contributed by atoms with E-state index >= 15 is 0 Å². The van der Waals surface area contributed by atoms with E-state index in [1.165, 1.54) is 5.56 Å². The van der Waals surface area contributed by atoms with Crippen LogP contribution >= 0.6 is 0 Å². The predicted molar refractivity (Wildman–Crippen MR) is 87.6 cm³/mol.